The summed E-state index contributed by atoms with van der Waals surface area (Å²) in [5, 5.41) is 7.03. The van der Waals surface area contributed by atoms with Gasteiger partial charge in [0, 0.05) is 65.6 Å². The Morgan fingerprint density at radius 1 is 0.212 bits per heavy atom. The average Bonchev–Trinajstić information content (AvgIpc) is 1.58. The Kier molecular flexibility index (Phi) is 12.3. The molecular weight excluding hydrogens is 1200 g/mol. The van der Waals surface area contributed by atoms with Gasteiger partial charge in [-0.3, -0.25) is 4.57 Å². The minimum atomic E-state index is -0.125. The molecule has 99 heavy (non-hydrogen) atoms. The lowest BCUT2D eigenvalue weighted by Gasteiger charge is -2.22. The van der Waals surface area contributed by atoms with E-state index in [-0.39, 0.29) is 10.8 Å². The molecule has 0 amide bonds. The van der Waals surface area contributed by atoms with Gasteiger partial charge >= 0.3 is 0 Å². The van der Waals surface area contributed by atoms with Crippen LogP contribution in [-0.2, 0) is 10.8 Å². The first kappa shape index (κ1) is 56.8. The Hall–Kier alpha value is -12.5. The van der Waals surface area contributed by atoms with Gasteiger partial charge in [-0.15, -0.1) is 0 Å². The van der Waals surface area contributed by atoms with Crippen LogP contribution >= 0.6 is 0 Å². The van der Waals surface area contributed by atoms with Crippen LogP contribution in [0.5, 0.6) is 0 Å². The Morgan fingerprint density at radius 2 is 0.515 bits per heavy atom. The van der Waals surface area contributed by atoms with Gasteiger partial charge in [-0.25, -0.2) is 4.98 Å². The largest absolute Gasteiger partial charge is 0.309 e. The molecule has 14 aromatic carbocycles. The summed E-state index contributed by atoms with van der Waals surface area (Å²) in [7, 11) is 0. The average molecular weight is 1270 g/mol. The fourth-order valence-electron chi connectivity index (χ4n) is 16.7. The Morgan fingerprint density at radius 3 is 0.929 bits per heavy atom. The SMILES string of the molecule is CC1(C)c2ccccc2-c2ccc(-n3c4ccccc4c4cc(-c5ccc6c(c5)c5cc(-c7ccc8c(c7)c7ccccc7n8-c7ccc8c(c7)C(C)(C)c7ccccc7-8)ccc5n6-c5nc(-c6ccc(-c7ccccc7)cc6)nc(-c6ccc(-c7ccccc7)cc6)n5)ccc43)cc21. The molecule has 6 nitrogen and oxygen atoms in total. The quantitative estimate of drug-likeness (QED) is 0.145. The van der Waals surface area contributed by atoms with Crippen LogP contribution in [0.2, 0.25) is 0 Å². The zero-order chi connectivity index (χ0) is 65.8. The predicted octanol–water partition coefficient (Wildman–Crippen LogP) is 23.8. The van der Waals surface area contributed by atoms with Gasteiger partial charge in [0.1, 0.15) is 0 Å². The Labute approximate surface area is 573 Å². The van der Waals surface area contributed by atoms with Crippen molar-refractivity contribution in [2.24, 2.45) is 0 Å². The second-order valence-corrected chi connectivity index (χ2v) is 27.9. The molecule has 0 radical (unpaired) electrons. The second kappa shape index (κ2) is 21.5. The molecule has 0 aliphatic heterocycles. The van der Waals surface area contributed by atoms with E-state index in [2.05, 4.69) is 357 Å². The van der Waals surface area contributed by atoms with Crippen LogP contribution in [0.3, 0.4) is 0 Å². The molecule has 4 aromatic heterocycles. The minimum Gasteiger partial charge on any atom is -0.309 e. The van der Waals surface area contributed by atoms with Gasteiger partial charge in [-0.1, -0.05) is 258 Å². The normalized spacial score (nSPS) is 13.4. The van der Waals surface area contributed by atoms with Gasteiger partial charge in [0.25, 0.3) is 0 Å². The van der Waals surface area contributed by atoms with Crippen LogP contribution in [0.15, 0.2) is 315 Å². The van der Waals surface area contributed by atoms with E-state index in [4.69, 9.17) is 15.0 Å². The molecule has 0 bridgehead atoms. The van der Waals surface area contributed by atoms with Gasteiger partial charge in [0.2, 0.25) is 5.95 Å². The zero-order valence-electron chi connectivity index (χ0n) is 55.2. The molecule has 18 aromatic rings. The molecule has 6 heteroatoms. The summed E-state index contributed by atoms with van der Waals surface area (Å²) in [6.07, 6.45) is 0. The van der Waals surface area contributed by atoms with Gasteiger partial charge in [-0.2, -0.15) is 9.97 Å². The number of hydrogen-bond acceptors (Lipinski definition) is 3. The van der Waals surface area contributed by atoms with Gasteiger partial charge in [0.05, 0.1) is 33.1 Å². The van der Waals surface area contributed by atoms with E-state index in [0.717, 1.165) is 88.8 Å². The van der Waals surface area contributed by atoms with E-state index >= 15 is 0 Å². The van der Waals surface area contributed by atoms with Crippen LogP contribution < -0.4 is 0 Å². The lowest BCUT2D eigenvalue weighted by atomic mass is 9.82. The van der Waals surface area contributed by atoms with Crippen LogP contribution in [0, 0.1) is 0 Å². The third-order valence-corrected chi connectivity index (χ3v) is 21.8. The van der Waals surface area contributed by atoms with Crippen LogP contribution in [0.4, 0.5) is 0 Å². The lowest BCUT2D eigenvalue weighted by molar-refractivity contribution is 0.660. The molecule has 2 aliphatic carbocycles. The Bertz CT molecular complexity index is 6000. The van der Waals surface area contributed by atoms with E-state index in [1.165, 1.54) is 88.1 Å². The first-order chi connectivity index (χ1) is 48.6. The number of benzene rings is 14. The molecule has 0 fully saturated rings. The number of aromatic nitrogens is 6. The van der Waals surface area contributed by atoms with Crippen LogP contribution in [-0.4, -0.2) is 28.7 Å². The van der Waals surface area contributed by atoms with Gasteiger partial charge in [-0.05, 0) is 174 Å². The minimum absolute atomic E-state index is 0.125. The molecule has 0 N–H and O–H groups in total. The number of fused-ring (bicyclic) bond motifs is 15. The summed E-state index contributed by atoms with van der Waals surface area (Å²) in [5.41, 5.74) is 30.4. The van der Waals surface area contributed by atoms with Gasteiger partial charge < -0.3 is 9.13 Å². The summed E-state index contributed by atoms with van der Waals surface area (Å²) in [4.78, 5) is 16.3. The molecule has 0 saturated heterocycles. The van der Waals surface area contributed by atoms with Crippen molar-refractivity contribution in [3.8, 4) is 107 Å². The van der Waals surface area contributed by atoms with Gasteiger partial charge in [0.15, 0.2) is 11.6 Å². The van der Waals surface area contributed by atoms with E-state index in [0.29, 0.717) is 17.6 Å². The van der Waals surface area contributed by atoms with Crippen molar-refractivity contribution in [2.75, 3.05) is 0 Å². The molecule has 0 atom stereocenters. The fraction of sp³-hybridized carbons (Fsp3) is 0.0645. The number of nitrogens with zero attached hydrogens (tertiary/aromatic N) is 6. The Balaban J connectivity index is 0.765. The van der Waals surface area contributed by atoms with Crippen molar-refractivity contribution in [3.63, 3.8) is 0 Å². The highest BCUT2D eigenvalue weighted by Gasteiger charge is 2.37. The summed E-state index contributed by atoms with van der Waals surface area (Å²) in [5.74, 6) is 1.72. The number of rotatable bonds is 9. The van der Waals surface area contributed by atoms with E-state index < -0.39 is 0 Å². The third-order valence-electron chi connectivity index (χ3n) is 21.8. The molecule has 0 unspecified atom stereocenters. The van der Waals surface area contributed by atoms with Crippen LogP contribution in [0.1, 0.15) is 49.9 Å². The fourth-order valence-corrected chi connectivity index (χ4v) is 16.7. The van der Waals surface area contributed by atoms with E-state index in [1.54, 1.807) is 0 Å². The summed E-state index contributed by atoms with van der Waals surface area (Å²) < 4.78 is 7.17. The number of para-hydroxylation sites is 2. The third kappa shape index (κ3) is 8.72. The lowest BCUT2D eigenvalue weighted by Crippen LogP contribution is -2.15. The predicted molar refractivity (Wildman–Crippen MR) is 411 cm³/mol. The molecular formula is C93H64N6. The highest BCUT2D eigenvalue weighted by molar-refractivity contribution is 6.15. The molecule has 466 valence electrons. The summed E-state index contributed by atoms with van der Waals surface area (Å²) in [6, 6.07) is 116. The standard InChI is InChI=1S/C93H64N6/c1-92(2)79-27-15-11-23-69(79)71-45-43-67(55-81(71)92)97-83-29-17-13-25-73(83)75-51-63(39-47-85(75)97)65-41-49-87-77(53-65)78-54-66(64-40-48-86-76(52-64)74-26-14-18-30-84(74)98(86)68-44-46-72-70-24-12-16-28-80(70)93(3,4)82(72)56-68)42-50-88(78)99(87)91-95-89(61-35-31-59(32-36-61)57-19-7-5-8-20-57)94-90(96-91)62-37-33-60(34-38-62)58-21-9-6-10-22-58/h5-56H,1-4H3. The maximum absolute atomic E-state index is 5.49. The van der Waals surface area contributed by atoms with Crippen molar-refractivity contribution in [2.45, 2.75) is 38.5 Å². The first-order valence-corrected chi connectivity index (χ1v) is 34.3. The smallest absolute Gasteiger partial charge is 0.238 e. The van der Waals surface area contributed by atoms with Crippen molar-refractivity contribution in [1.82, 2.24) is 28.7 Å². The maximum Gasteiger partial charge on any atom is 0.238 e. The van der Waals surface area contributed by atoms with Crippen molar-refractivity contribution in [3.05, 3.63) is 338 Å². The van der Waals surface area contributed by atoms with Crippen molar-refractivity contribution in [1.29, 1.82) is 0 Å². The molecule has 0 spiro atoms. The zero-order valence-corrected chi connectivity index (χ0v) is 55.2. The molecule has 20 rings (SSSR count). The molecule has 2 aliphatic rings. The summed E-state index contributed by atoms with van der Waals surface area (Å²) in [6.45, 7) is 9.45. The number of hydrogen-bond donors (Lipinski definition) is 0. The highest BCUT2D eigenvalue weighted by Crippen LogP contribution is 2.52. The second-order valence-electron chi connectivity index (χ2n) is 27.9. The van der Waals surface area contributed by atoms with Crippen LogP contribution in [0.25, 0.3) is 172 Å². The molecule has 0 saturated carbocycles. The van der Waals surface area contributed by atoms with E-state index in [1.807, 2.05) is 0 Å². The van der Waals surface area contributed by atoms with Crippen molar-refractivity contribution < 1.29 is 0 Å². The molecule has 4 heterocycles. The van der Waals surface area contributed by atoms with E-state index in [9.17, 15) is 0 Å². The summed E-state index contributed by atoms with van der Waals surface area (Å²) >= 11 is 0. The highest BCUT2D eigenvalue weighted by atomic mass is 15.2. The maximum atomic E-state index is 5.49. The van der Waals surface area contributed by atoms with Crippen molar-refractivity contribution >= 4 is 65.4 Å². The topological polar surface area (TPSA) is 53.5 Å². The monoisotopic (exact) mass is 1260 g/mol. The first-order valence-electron chi connectivity index (χ1n) is 34.3.